The van der Waals surface area contributed by atoms with Gasteiger partial charge < -0.3 is 5.32 Å². The van der Waals surface area contributed by atoms with Crippen molar-refractivity contribution in [2.75, 3.05) is 5.32 Å². The van der Waals surface area contributed by atoms with E-state index in [2.05, 4.69) is 17.3 Å². The van der Waals surface area contributed by atoms with Gasteiger partial charge in [-0.2, -0.15) is 5.10 Å². The van der Waals surface area contributed by atoms with Crippen LogP contribution in [0, 0.1) is 5.92 Å². The molecule has 1 aliphatic carbocycles. The van der Waals surface area contributed by atoms with Crippen LogP contribution in [-0.4, -0.2) is 15.8 Å². The summed E-state index contributed by atoms with van der Waals surface area (Å²) in [6, 6.07) is 0.398. The van der Waals surface area contributed by atoms with Gasteiger partial charge in [-0.05, 0) is 25.2 Å². The van der Waals surface area contributed by atoms with Crippen LogP contribution in [-0.2, 0) is 6.54 Å². The molecular formula is C14H22ClN3O. The molecule has 1 aliphatic rings. The van der Waals surface area contributed by atoms with Crippen molar-refractivity contribution < 1.29 is 0 Å². The highest BCUT2D eigenvalue weighted by molar-refractivity contribution is 6.32. The number of halogens is 1. The minimum Gasteiger partial charge on any atom is -0.379 e. The Morgan fingerprint density at radius 1 is 1.47 bits per heavy atom. The van der Waals surface area contributed by atoms with Gasteiger partial charge in [0.15, 0.2) is 0 Å². The molecule has 1 aromatic rings. The van der Waals surface area contributed by atoms with E-state index in [9.17, 15) is 4.79 Å². The Morgan fingerprint density at radius 2 is 2.21 bits per heavy atom. The lowest BCUT2D eigenvalue weighted by molar-refractivity contribution is 0.349. The van der Waals surface area contributed by atoms with E-state index in [1.165, 1.54) is 23.9 Å². The monoisotopic (exact) mass is 283 g/mol. The van der Waals surface area contributed by atoms with E-state index in [0.29, 0.717) is 24.2 Å². The summed E-state index contributed by atoms with van der Waals surface area (Å²) in [5, 5.41) is 7.84. The Hall–Kier alpha value is -1.03. The third kappa shape index (κ3) is 3.30. The fraction of sp³-hybridized carbons (Fsp3) is 0.714. The van der Waals surface area contributed by atoms with E-state index >= 15 is 0 Å². The molecular weight excluding hydrogens is 262 g/mol. The molecule has 0 aromatic carbocycles. The number of hydrogen-bond acceptors (Lipinski definition) is 3. The van der Waals surface area contributed by atoms with Crippen molar-refractivity contribution >= 4 is 17.3 Å². The Morgan fingerprint density at radius 3 is 2.89 bits per heavy atom. The molecule has 1 saturated carbocycles. The van der Waals surface area contributed by atoms with Gasteiger partial charge in [-0.3, -0.25) is 4.79 Å². The highest BCUT2D eigenvalue weighted by Crippen LogP contribution is 2.28. The zero-order chi connectivity index (χ0) is 13.8. The maximum Gasteiger partial charge on any atom is 0.287 e. The molecule has 0 bridgehead atoms. The lowest BCUT2D eigenvalue weighted by Crippen LogP contribution is -2.32. The summed E-state index contributed by atoms with van der Waals surface area (Å²) in [4.78, 5) is 12.0. The van der Waals surface area contributed by atoms with Crippen molar-refractivity contribution in [3.05, 3.63) is 21.6 Å². The first kappa shape index (κ1) is 14.4. The zero-order valence-electron chi connectivity index (χ0n) is 11.7. The standard InChI is InChI=1S/C14H22ClN3O/c1-3-8-18-14(19)13(15)12(9-16-18)17-11-7-5-4-6-10(11)2/h9-11,17H,3-8H2,1-2H3. The first-order valence-corrected chi connectivity index (χ1v) is 7.53. The van der Waals surface area contributed by atoms with Gasteiger partial charge in [0, 0.05) is 12.6 Å². The molecule has 0 aliphatic heterocycles. The van der Waals surface area contributed by atoms with E-state index < -0.39 is 0 Å². The highest BCUT2D eigenvalue weighted by Gasteiger charge is 2.22. The second-order valence-electron chi connectivity index (χ2n) is 5.41. The molecule has 0 spiro atoms. The van der Waals surface area contributed by atoms with Gasteiger partial charge in [0.05, 0.1) is 11.9 Å². The van der Waals surface area contributed by atoms with Gasteiger partial charge in [-0.1, -0.05) is 38.3 Å². The first-order chi connectivity index (χ1) is 9.13. The SMILES string of the molecule is CCCn1ncc(NC2CCCCC2C)c(Cl)c1=O. The molecule has 2 rings (SSSR count). The quantitative estimate of drug-likeness (QED) is 0.922. The molecule has 106 valence electrons. The molecule has 1 aromatic heterocycles. The third-order valence-electron chi connectivity index (χ3n) is 3.87. The second kappa shape index (κ2) is 6.42. The average Bonchev–Trinajstić information content (AvgIpc) is 2.41. The Bertz CT molecular complexity index is 486. The number of nitrogens with zero attached hydrogens (tertiary/aromatic N) is 2. The van der Waals surface area contributed by atoms with Crippen LogP contribution >= 0.6 is 11.6 Å². The van der Waals surface area contributed by atoms with Crippen LogP contribution in [0.4, 0.5) is 5.69 Å². The molecule has 0 radical (unpaired) electrons. The fourth-order valence-corrected chi connectivity index (χ4v) is 2.87. The first-order valence-electron chi connectivity index (χ1n) is 7.15. The summed E-state index contributed by atoms with van der Waals surface area (Å²) in [7, 11) is 0. The number of aryl methyl sites for hydroxylation is 1. The molecule has 19 heavy (non-hydrogen) atoms. The summed E-state index contributed by atoms with van der Waals surface area (Å²) >= 11 is 6.17. The van der Waals surface area contributed by atoms with Gasteiger partial charge >= 0.3 is 0 Å². The molecule has 4 nitrogen and oxygen atoms in total. The summed E-state index contributed by atoms with van der Waals surface area (Å²) < 4.78 is 1.43. The van der Waals surface area contributed by atoms with Crippen molar-refractivity contribution in [2.24, 2.45) is 5.92 Å². The van der Waals surface area contributed by atoms with Crippen LogP contribution < -0.4 is 10.9 Å². The molecule has 2 atom stereocenters. The van der Waals surface area contributed by atoms with Gasteiger partial charge in [0.2, 0.25) is 0 Å². The average molecular weight is 284 g/mol. The van der Waals surface area contributed by atoms with Gasteiger partial charge in [-0.15, -0.1) is 0 Å². The van der Waals surface area contributed by atoms with Crippen LogP contribution in [0.3, 0.4) is 0 Å². The van der Waals surface area contributed by atoms with E-state index in [0.717, 1.165) is 12.8 Å². The fourth-order valence-electron chi connectivity index (χ4n) is 2.67. The Balaban J connectivity index is 2.16. The number of anilines is 1. The molecule has 1 fully saturated rings. The van der Waals surface area contributed by atoms with E-state index in [1.807, 2.05) is 6.92 Å². The second-order valence-corrected chi connectivity index (χ2v) is 5.79. The number of nitrogens with one attached hydrogen (secondary N) is 1. The van der Waals surface area contributed by atoms with Gasteiger partial charge in [0.1, 0.15) is 5.02 Å². The predicted molar refractivity (Wildman–Crippen MR) is 78.8 cm³/mol. The lowest BCUT2D eigenvalue weighted by Gasteiger charge is -2.30. The zero-order valence-corrected chi connectivity index (χ0v) is 12.4. The maximum absolute atomic E-state index is 12.0. The van der Waals surface area contributed by atoms with Crippen LogP contribution in [0.2, 0.25) is 5.02 Å². The number of rotatable bonds is 4. The molecule has 1 heterocycles. The van der Waals surface area contributed by atoms with E-state index in [4.69, 9.17) is 11.6 Å². The van der Waals surface area contributed by atoms with Crippen molar-refractivity contribution in [2.45, 2.75) is 58.5 Å². The van der Waals surface area contributed by atoms with E-state index in [1.54, 1.807) is 6.20 Å². The van der Waals surface area contributed by atoms with Crippen molar-refractivity contribution in [3.8, 4) is 0 Å². The largest absolute Gasteiger partial charge is 0.379 e. The van der Waals surface area contributed by atoms with Crippen LogP contribution in [0.5, 0.6) is 0 Å². The molecule has 5 heteroatoms. The highest BCUT2D eigenvalue weighted by atomic mass is 35.5. The molecule has 2 unspecified atom stereocenters. The lowest BCUT2D eigenvalue weighted by atomic mass is 9.86. The summed E-state index contributed by atoms with van der Waals surface area (Å²) in [5.41, 5.74) is 0.481. The van der Waals surface area contributed by atoms with Crippen molar-refractivity contribution in [3.63, 3.8) is 0 Å². The van der Waals surface area contributed by atoms with E-state index in [-0.39, 0.29) is 10.6 Å². The van der Waals surface area contributed by atoms with Crippen LogP contribution in [0.15, 0.2) is 11.0 Å². The molecule has 0 amide bonds. The summed E-state index contributed by atoms with van der Waals surface area (Å²) in [6.07, 6.45) is 7.45. The predicted octanol–water partition coefficient (Wildman–Crippen LogP) is 3.30. The number of hydrogen-bond donors (Lipinski definition) is 1. The maximum atomic E-state index is 12.0. The van der Waals surface area contributed by atoms with Crippen molar-refractivity contribution in [1.82, 2.24) is 9.78 Å². The van der Waals surface area contributed by atoms with Crippen molar-refractivity contribution in [1.29, 1.82) is 0 Å². The third-order valence-corrected chi connectivity index (χ3v) is 4.24. The minimum atomic E-state index is -0.197. The Kier molecular flexibility index (Phi) is 4.86. The normalized spacial score (nSPS) is 23.3. The Labute approximate surface area is 119 Å². The molecule has 0 saturated heterocycles. The summed E-state index contributed by atoms with van der Waals surface area (Å²) in [5.74, 6) is 0.614. The smallest absolute Gasteiger partial charge is 0.287 e. The van der Waals surface area contributed by atoms with Gasteiger partial charge in [0.25, 0.3) is 5.56 Å². The summed E-state index contributed by atoms with van der Waals surface area (Å²) in [6.45, 7) is 4.87. The van der Waals surface area contributed by atoms with Crippen LogP contribution in [0.1, 0.15) is 46.0 Å². The molecule has 1 N–H and O–H groups in total. The van der Waals surface area contributed by atoms with Crippen LogP contribution in [0.25, 0.3) is 0 Å². The number of aromatic nitrogens is 2. The topological polar surface area (TPSA) is 46.9 Å². The minimum absolute atomic E-state index is 0.197. The van der Waals surface area contributed by atoms with Gasteiger partial charge in [-0.25, -0.2) is 4.68 Å².